The first kappa shape index (κ1) is 14.7. The molecule has 0 unspecified atom stereocenters. The Balaban J connectivity index is 1.81. The SMILES string of the molecule is Cc1ccc(-n2c(O)c(/C=C3\C=Nc4ccccc43)sc2=O)cc1. The van der Waals surface area contributed by atoms with Gasteiger partial charge in [-0.15, -0.1) is 0 Å². The van der Waals surface area contributed by atoms with Crippen LogP contribution in [0.15, 0.2) is 58.3 Å². The first-order valence-electron chi connectivity index (χ1n) is 7.50. The molecule has 0 aliphatic carbocycles. The number of hydrogen-bond donors (Lipinski definition) is 1. The predicted molar refractivity (Wildman–Crippen MR) is 98.8 cm³/mol. The molecular formula is C19H14N2O2S. The smallest absolute Gasteiger partial charge is 0.315 e. The van der Waals surface area contributed by atoms with Crippen molar-refractivity contribution in [2.75, 3.05) is 0 Å². The highest BCUT2D eigenvalue weighted by Crippen LogP contribution is 2.34. The number of aromatic nitrogens is 1. The van der Waals surface area contributed by atoms with Crippen LogP contribution in [0.1, 0.15) is 16.0 Å². The molecule has 0 fully saturated rings. The number of hydrogen-bond acceptors (Lipinski definition) is 4. The third kappa shape index (κ3) is 2.39. The summed E-state index contributed by atoms with van der Waals surface area (Å²) in [5.41, 5.74) is 4.54. The fraction of sp³-hybridized carbons (Fsp3) is 0.0526. The van der Waals surface area contributed by atoms with E-state index in [2.05, 4.69) is 4.99 Å². The normalized spacial score (nSPS) is 14.3. The Morgan fingerprint density at radius 2 is 1.88 bits per heavy atom. The Morgan fingerprint density at radius 1 is 1.12 bits per heavy atom. The fourth-order valence-electron chi connectivity index (χ4n) is 2.69. The van der Waals surface area contributed by atoms with Gasteiger partial charge in [0.25, 0.3) is 0 Å². The summed E-state index contributed by atoms with van der Waals surface area (Å²) in [6.45, 7) is 1.98. The summed E-state index contributed by atoms with van der Waals surface area (Å²) >= 11 is 1.02. The van der Waals surface area contributed by atoms with Gasteiger partial charge < -0.3 is 5.11 Å². The zero-order valence-corrected chi connectivity index (χ0v) is 13.7. The highest BCUT2D eigenvalue weighted by molar-refractivity contribution is 7.10. The van der Waals surface area contributed by atoms with Gasteiger partial charge in [-0.3, -0.25) is 9.79 Å². The fourth-order valence-corrected chi connectivity index (χ4v) is 3.53. The van der Waals surface area contributed by atoms with Gasteiger partial charge in [-0.25, -0.2) is 4.57 Å². The van der Waals surface area contributed by atoms with Gasteiger partial charge in [0.2, 0.25) is 5.88 Å². The molecule has 0 bridgehead atoms. The number of para-hydroxylation sites is 1. The van der Waals surface area contributed by atoms with E-state index in [0.29, 0.717) is 10.6 Å². The summed E-state index contributed by atoms with van der Waals surface area (Å²) in [5, 5.41) is 10.5. The largest absolute Gasteiger partial charge is 0.493 e. The second-order valence-electron chi connectivity index (χ2n) is 5.60. The van der Waals surface area contributed by atoms with Crippen molar-refractivity contribution in [2.24, 2.45) is 4.99 Å². The number of fused-ring (bicyclic) bond motifs is 1. The van der Waals surface area contributed by atoms with Crippen molar-refractivity contribution in [3.63, 3.8) is 0 Å². The minimum absolute atomic E-state index is 0.0425. The zero-order valence-electron chi connectivity index (χ0n) is 12.9. The van der Waals surface area contributed by atoms with Gasteiger partial charge in [-0.1, -0.05) is 47.2 Å². The summed E-state index contributed by atoms with van der Waals surface area (Å²) in [6.07, 6.45) is 3.56. The second kappa shape index (κ2) is 5.62. The van der Waals surface area contributed by atoms with E-state index in [0.717, 1.165) is 33.7 Å². The minimum atomic E-state index is -0.216. The second-order valence-corrected chi connectivity index (χ2v) is 6.60. The van der Waals surface area contributed by atoms with E-state index >= 15 is 0 Å². The van der Waals surface area contributed by atoms with Crippen LogP contribution in [-0.2, 0) is 0 Å². The van der Waals surface area contributed by atoms with Gasteiger partial charge in [0.15, 0.2) is 0 Å². The van der Waals surface area contributed by atoms with Crippen LogP contribution in [0, 0.1) is 6.92 Å². The molecule has 4 rings (SSSR count). The number of benzene rings is 2. The molecule has 0 radical (unpaired) electrons. The van der Waals surface area contributed by atoms with Crippen molar-refractivity contribution in [3.05, 3.63) is 74.2 Å². The lowest BCUT2D eigenvalue weighted by atomic mass is 10.1. The summed E-state index contributed by atoms with van der Waals surface area (Å²) in [4.78, 5) is 17.0. The van der Waals surface area contributed by atoms with Crippen LogP contribution in [0.25, 0.3) is 17.3 Å². The molecule has 0 spiro atoms. The van der Waals surface area contributed by atoms with Crippen LogP contribution in [0.4, 0.5) is 5.69 Å². The van der Waals surface area contributed by atoms with Crippen LogP contribution in [-0.4, -0.2) is 15.9 Å². The highest BCUT2D eigenvalue weighted by atomic mass is 32.1. The Hall–Kier alpha value is -2.92. The maximum absolute atomic E-state index is 12.3. The molecule has 0 saturated heterocycles. The number of rotatable bonds is 2. The molecule has 2 aromatic carbocycles. The Labute approximate surface area is 142 Å². The standard InChI is InChI=1S/C19H14N2O2S/c1-12-6-8-14(9-7-12)21-18(22)17(24-19(21)23)10-13-11-20-16-5-3-2-4-15(13)16/h2-11,22H,1H3/b13-10+. The third-order valence-corrected chi connectivity index (χ3v) is 4.83. The average Bonchev–Trinajstić information content (AvgIpc) is 3.11. The third-order valence-electron chi connectivity index (χ3n) is 3.95. The molecule has 0 amide bonds. The molecule has 1 N–H and O–H groups in total. The average molecular weight is 334 g/mol. The first-order chi connectivity index (χ1) is 11.6. The maximum Gasteiger partial charge on any atom is 0.315 e. The van der Waals surface area contributed by atoms with Gasteiger partial charge in [-0.2, -0.15) is 0 Å². The van der Waals surface area contributed by atoms with E-state index in [1.54, 1.807) is 12.3 Å². The quantitative estimate of drug-likeness (QED) is 0.765. The van der Waals surface area contributed by atoms with E-state index in [9.17, 15) is 9.90 Å². The highest BCUT2D eigenvalue weighted by Gasteiger charge is 2.17. The summed E-state index contributed by atoms with van der Waals surface area (Å²) in [6, 6.07) is 15.3. The van der Waals surface area contributed by atoms with E-state index in [4.69, 9.17) is 0 Å². The molecule has 1 aromatic heterocycles. The summed E-state index contributed by atoms with van der Waals surface area (Å²) < 4.78 is 1.33. The molecular weight excluding hydrogens is 320 g/mol. The van der Waals surface area contributed by atoms with Crippen molar-refractivity contribution >= 4 is 34.9 Å². The van der Waals surface area contributed by atoms with Gasteiger partial charge in [0.1, 0.15) is 0 Å². The van der Waals surface area contributed by atoms with Gasteiger partial charge in [-0.05, 0) is 31.2 Å². The van der Waals surface area contributed by atoms with Crippen molar-refractivity contribution in [1.82, 2.24) is 4.57 Å². The molecule has 1 aliphatic heterocycles. The number of aliphatic imine (C=N–C) groups is 1. The van der Waals surface area contributed by atoms with Gasteiger partial charge in [0.05, 0.1) is 16.3 Å². The Bertz CT molecular complexity index is 1040. The van der Waals surface area contributed by atoms with Crippen LogP contribution in [0.5, 0.6) is 5.88 Å². The summed E-state index contributed by atoms with van der Waals surface area (Å²) in [5.74, 6) is -0.0425. The molecule has 118 valence electrons. The minimum Gasteiger partial charge on any atom is -0.493 e. The lowest BCUT2D eigenvalue weighted by Crippen LogP contribution is -2.09. The number of aromatic hydroxyl groups is 1. The van der Waals surface area contributed by atoms with E-state index in [1.807, 2.05) is 55.5 Å². The van der Waals surface area contributed by atoms with Crippen LogP contribution in [0.2, 0.25) is 0 Å². The molecule has 5 heteroatoms. The van der Waals surface area contributed by atoms with Crippen molar-refractivity contribution in [2.45, 2.75) is 6.92 Å². The number of thiazole rings is 1. The summed E-state index contributed by atoms with van der Waals surface area (Å²) in [7, 11) is 0. The van der Waals surface area contributed by atoms with Gasteiger partial charge in [0, 0.05) is 17.4 Å². The van der Waals surface area contributed by atoms with E-state index < -0.39 is 0 Å². The van der Waals surface area contributed by atoms with Crippen LogP contribution in [0.3, 0.4) is 0 Å². The molecule has 1 aliphatic rings. The van der Waals surface area contributed by atoms with E-state index in [-0.39, 0.29) is 10.8 Å². The first-order valence-corrected chi connectivity index (χ1v) is 8.32. The van der Waals surface area contributed by atoms with Crippen molar-refractivity contribution in [3.8, 4) is 11.6 Å². The molecule has 0 saturated carbocycles. The molecule has 2 heterocycles. The Morgan fingerprint density at radius 3 is 2.67 bits per heavy atom. The maximum atomic E-state index is 12.3. The van der Waals surface area contributed by atoms with Crippen LogP contribution >= 0.6 is 11.3 Å². The molecule has 24 heavy (non-hydrogen) atoms. The lowest BCUT2D eigenvalue weighted by Gasteiger charge is -2.04. The number of allylic oxidation sites excluding steroid dienone is 1. The molecule has 4 nitrogen and oxygen atoms in total. The topological polar surface area (TPSA) is 54.6 Å². The Kier molecular flexibility index (Phi) is 3.43. The van der Waals surface area contributed by atoms with Crippen LogP contribution < -0.4 is 4.87 Å². The number of aryl methyl sites for hydroxylation is 1. The lowest BCUT2D eigenvalue weighted by molar-refractivity contribution is 0.440. The van der Waals surface area contributed by atoms with E-state index in [1.165, 1.54) is 4.57 Å². The monoisotopic (exact) mass is 334 g/mol. The van der Waals surface area contributed by atoms with Crippen molar-refractivity contribution in [1.29, 1.82) is 0 Å². The molecule has 3 aromatic rings. The van der Waals surface area contributed by atoms with Gasteiger partial charge >= 0.3 is 4.87 Å². The predicted octanol–water partition coefficient (Wildman–Crippen LogP) is 4.17. The number of nitrogens with zero attached hydrogens (tertiary/aromatic N) is 2. The molecule has 0 atom stereocenters. The zero-order chi connectivity index (χ0) is 16.7. The van der Waals surface area contributed by atoms with Crippen molar-refractivity contribution < 1.29 is 5.11 Å².